The molecule has 0 bridgehead atoms. The van der Waals surface area contributed by atoms with Crippen LogP contribution in [-0.2, 0) is 22.5 Å². The molecule has 5 nitrogen and oxygen atoms in total. The first-order valence-electron chi connectivity index (χ1n) is 9.35. The van der Waals surface area contributed by atoms with E-state index in [1.54, 1.807) is 24.2 Å². The number of hydrogen-bond acceptors (Lipinski definition) is 5. The molecule has 0 saturated carbocycles. The van der Waals surface area contributed by atoms with Crippen molar-refractivity contribution < 1.29 is 9.53 Å². The molecule has 0 spiro atoms. The van der Waals surface area contributed by atoms with Gasteiger partial charge >= 0.3 is 0 Å². The van der Waals surface area contributed by atoms with Crippen molar-refractivity contribution >= 4 is 17.7 Å². The standard InChI is InChI=1S/C21H27N3O2S/c1-27-20-4-2-3-18(13-20)15-24-11-12-26-16-19(24)14-21(25)23-10-7-17-5-8-22-9-6-17/h2-6,8-9,13,19H,7,10-12,14-16H2,1H3,(H,23,25)/t19-/m1/s1. The number of carbonyl (C=O) groups is 1. The summed E-state index contributed by atoms with van der Waals surface area (Å²) in [6, 6.07) is 12.7. The molecule has 1 atom stereocenters. The van der Waals surface area contributed by atoms with E-state index in [9.17, 15) is 4.79 Å². The summed E-state index contributed by atoms with van der Waals surface area (Å²) < 4.78 is 5.64. The molecule has 0 aliphatic carbocycles. The Balaban J connectivity index is 1.49. The highest BCUT2D eigenvalue weighted by Crippen LogP contribution is 2.19. The van der Waals surface area contributed by atoms with Crippen LogP contribution < -0.4 is 5.32 Å². The van der Waals surface area contributed by atoms with Gasteiger partial charge in [-0.15, -0.1) is 11.8 Å². The van der Waals surface area contributed by atoms with E-state index in [4.69, 9.17) is 4.74 Å². The lowest BCUT2D eigenvalue weighted by Gasteiger charge is -2.35. The predicted molar refractivity (Wildman–Crippen MR) is 109 cm³/mol. The third-order valence-electron chi connectivity index (χ3n) is 4.78. The van der Waals surface area contributed by atoms with E-state index in [-0.39, 0.29) is 11.9 Å². The van der Waals surface area contributed by atoms with Crippen molar-refractivity contribution in [3.63, 3.8) is 0 Å². The topological polar surface area (TPSA) is 54.5 Å². The van der Waals surface area contributed by atoms with Gasteiger partial charge in [0.15, 0.2) is 0 Å². The van der Waals surface area contributed by atoms with Crippen molar-refractivity contribution in [2.45, 2.75) is 30.3 Å². The normalized spacial score (nSPS) is 17.6. The molecule has 2 aromatic rings. The number of aromatic nitrogens is 1. The highest BCUT2D eigenvalue weighted by atomic mass is 32.2. The van der Waals surface area contributed by atoms with Crippen molar-refractivity contribution in [1.29, 1.82) is 0 Å². The average molecular weight is 386 g/mol. The molecule has 1 saturated heterocycles. The van der Waals surface area contributed by atoms with Gasteiger partial charge in [-0.1, -0.05) is 12.1 Å². The number of nitrogens with zero attached hydrogens (tertiary/aromatic N) is 2. The number of pyridine rings is 1. The fourth-order valence-corrected chi connectivity index (χ4v) is 3.76. The number of thioether (sulfide) groups is 1. The first-order valence-corrected chi connectivity index (χ1v) is 10.6. The van der Waals surface area contributed by atoms with E-state index in [1.807, 2.05) is 12.1 Å². The van der Waals surface area contributed by atoms with Gasteiger partial charge in [-0.2, -0.15) is 0 Å². The van der Waals surface area contributed by atoms with Crippen LogP contribution >= 0.6 is 11.8 Å². The van der Waals surface area contributed by atoms with Gasteiger partial charge < -0.3 is 10.1 Å². The van der Waals surface area contributed by atoms with E-state index in [0.717, 1.165) is 26.1 Å². The maximum Gasteiger partial charge on any atom is 0.221 e. The van der Waals surface area contributed by atoms with E-state index in [1.165, 1.54) is 16.0 Å². The van der Waals surface area contributed by atoms with E-state index < -0.39 is 0 Å². The maximum atomic E-state index is 12.4. The number of carbonyl (C=O) groups excluding carboxylic acids is 1. The molecular formula is C21H27N3O2S. The van der Waals surface area contributed by atoms with E-state index >= 15 is 0 Å². The smallest absolute Gasteiger partial charge is 0.221 e. The third-order valence-corrected chi connectivity index (χ3v) is 5.50. The summed E-state index contributed by atoms with van der Waals surface area (Å²) in [6.07, 6.45) is 6.94. The molecule has 1 amide bonds. The van der Waals surface area contributed by atoms with Crippen molar-refractivity contribution in [1.82, 2.24) is 15.2 Å². The van der Waals surface area contributed by atoms with Crippen LogP contribution in [0.25, 0.3) is 0 Å². The monoisotopic (exact) mass is 385 g/mol. The largest absolute Gasteiger partial charge is 0.378 e. The van der Waals surface area contributed by atoms with Gasteiger partial charge in [0.1, 0.15) is 0 Å². The summed E-state index contributed by atoms with van der Waals surface area (Å²) in [5, 5.41) is 3.04. The third kappa shape index (κ3) is 6.34. The lowest BCUT2D eigenvalue weighted by Crippen LogP contribution is -2.47. The molecular weight excluding hydrogens is 358 g/mol. The van der Waals surface area contributed by atoms with Crippen molar-refractivity contribution in [2.24, 2.45) is 0 Å². The molecule has 0 radical (unpaired) electrons. The van der Waals surface area contributed by atoms with Crippen LogP contribution in [0.1, 0.15) is 17.5 Å². The second-order valence-electron chi connectivity index (χ2n) is 6.71. The summed E-state index contributed by atoms with van der Waals surface area (Å²) in [7, 11) is 0. The van der Waals surface area contributed by atoms with E-state index in [0.29, 0.717) is 19.6 Å². The first kappa shape index (κ1) is 19.9. The van der Waals surface area contributed by atoms with Gasteiger partial charge in [0.25, 0.3) is 0 Å². The summed E-state index contributed by atoms with van der Waals surface area (Å²) in [5.74, 6) is 0.0856. The Morgan fingerprint density at radius 3 is 2.96 bits per heavy atom. The van der Waals surface area contributed by atoms with Gasteiger partial charge in [0.2, 0.25) is 5.91 Å². The Hall–Kier alpha value is -1.89. The molecule has 1 N–H and O–H groups in total. The summed E-state index contributed by atoms with van der Waals surface area (Å²) in [6.45, 7) is 3.69. The zero-order valence-corrected chi connectivity index (χ0v) is 16.6. The molecule has 1 aliphatic heterocycles. The molecule has 2 heterocycles. The minimum Gasteiger partial charge on any atom is -0.378 e. The van der Waals surface area contributed by atoms with Gasteiger partial charge in [-0.25, -0.2) is 0 Å². The maximum absolute atomic E-state index is 12.4. The quantitative estimate of drug-likeness (QED) is 0.708. The lowest BCUT2D eigenvalue weighted by molar-refractivity contribution is -0.124. The summed E-state index contributed by atoms with van der Waals surface area (Å²) in [4.78, 5) is 20.0. The lowest BCUT2D eigenvalue weighted by atomic mass is 10.1. The van der Waals surface area contributed by atoms with Crippen molar-refractivity contribution in [2.75, 3.05) is 32.6 Å². The second-order valence-corrected chi connectivity index (χ2v) is 7.59. The van der Waals surface area contributed by atoms with Crippen LogP contribution in [0, 0.1) is 0 Å². The fourth-order valence-electron chi connectivity index (χ4n) is 3.27. The van der Waals surface area contributed by atoms with Gasteiger partial charge in [-0.3, -0.25) is 14.7 Å². The summed E-state index contributed by atoms with van der Waals surface area (Å²) >= 11 is 1.75. The number of morpholine rings is 1. The molecule has 1 aliphatic rings. The van der Waals surface area contributed by atoms with Crippen LogP contribution in [0.15, 0.2) is 53.7 Å². The number of nitrogens with one attached hydrogen (secondary N) is 1. The molecule has 3 rings (SSSR count). The zero-order chi connectivity index (χ0) is 18.9. The molecule has 27 heavy (non-hydrogen) atoms. The van der Waals surface area contributed by atoms with Crippen LogP contribution in [0.2, 0.25) is 0 Å². The van der Waals surface area contributed by atoms with Crippen LogP contribution in [0.4, 0.5) is 0 Å². The van der Waals surface area contributed by atoms with Gasteiger partial charge in [0, 0.05) is 49.4 Å². The molecule has 1 aromatic carbocycles. The molecule has 144 valence electrons. The highest BCUT2D eigenvalue weighted by Gasteiger charge is 2.25. The molecule has 1 fully saturated rings. The Morgan fingerprint density at radius 1 is 1.30 bits per heavy atom. The number of amides is 1. The van der Waals surface area contributed by atoms with Gasteiger partial charge in [0.05, 0.1) is 13.2 Å². The number of benzene rings is 1. The summed E-state index contributed by atoms with van der Waals surface area (Å²) in [5.41, 5.74) is 2.47. The van der Waals surface area contributed by atoms with Crippen LogP contribution in [0.5, 0.6) is 0 Å². The second kappa shape index (κ2) is 10.4. The average Bonchev–Trinajstić information content (AvgIpc) is 2.70. The van der Waals surface area contributed by atoms with Gasteiger partial charge in [-0.05, 0) is 48.1 Å². The Labute approximate surface area is 165 Å². The Kier molecular flexibility index (Phi) is 7.68. The molecule has 1 aromatic heterocycles. The molecule has 6 heteroatoms. The Morgan fingerprint density at radius 2 is 2.15 bits per heavy atom. The number of rotatable bonds is 8. The fraction of sp³-hybridized carbons (Fsp3) is 0.429. The zero-order valence-electron chi connectivity index (χ0n) is 15.8. The minimum atomic E-state index is 0.0856. The van der Waals surface area contributed by atoms with Crippen LogP contribution in [-0.4, -0.2) is 54.4 Å². The number of ether oxygens (including phenoxy) is 1. The minimum absolute atomic E-state index is 0.0856. The van der Waals surface area contributed by atoms with Crippen molar-refractivity contribution in [3.8, 4) is 0 Å². The van der Waals surface area contributed by atoms with Crippen LogP contribution in [0.3, 0.4) is 0 Å². The van der Waals surface area contributed by atoms with Crippen molar-refractivity contribution in [3.05, 3.63) is 59.9 Å². The SMILES string of the molecule is CSc1cccc(CN2CCOC[C@H]2CC(=O)NCCc2ccncc2)c1. The Bertz CT molecular complexity index is 726. The first-order chi connectivity index (χ1) is 13.2. The number of hydrogen-bond donors (Lipinski definition) is 1. The van der Waals surface area contributed by atoms with E-state index in [2.05, 4.69) is 45.7 Å². The molecule has 0 unspecified atom stereocenters. The predicted octanol–water partition coefficient (Wildman–Crippen LogP) is 2.75. The highest BCUT2D eigenvalue weighted by molar-refractivity contribution is 7.98.